The van der Waals surface area contributed by atoms with Crippen LogP contribution in [0.2, 0.25) is 0 Å². The van der Waals surface area contributed by atoms with Crippen molar-refractivity contribution in [2.45, 2.75) is 13.8 Å². The molecule has 0 aliphatic heterocycles. The lowest BCUT2D eigenvalue weighted by Crippen LogP contribution is -2.14. The van der Waals surface area contributed by atoms with Crippen LogP contribution in [0.1, 0.15) is 27.0 Å². The van der Waals surface area contributed by atoms with E-state index < -0.39 is 0 Å². The molecule has 3 heteroatoms. The number of carbonyl (C=O) groups is 1. The smallest absolute Gasteiger partial charge is 0.256 e. The summed E-state index contributed by atoms with van der Waals surface area (Å²) in [4.78, 5) is 12.5. The van der Waals surface area contributed by atoms with Crippen LogP contribution < -0.4 is 11.1 Å². The average molecular weight is 278 g/mol. The van der Waals surface area contributed by atoms with Crippen LogP contribution in [0.5, 0.6) is 0 Å². The van der Waals surface area contributed by atoms with E-state index in [1.54, 1.807) is 6.07 Å². The number of carbonyl (C=O) groups excluding carboxylic acids is 1. The Hall–Kier alpha value is -2.57. The van der Waals surface area contributed by atoms with Crippen molar-refractivity contribution in [2.75, 3.05) is 11.9 Å². The summed E-state index contributed by atoms with van der Waals surface area (Å²) in [5.41, 5.74) is 9.66. The molecule has 3 N–H and O–H groups in total. The minimum absolute atomic E-state index is 0.161. The maximum absolute atomic E-state index is 12.5. The molecule has 0 fully saturated rings. The molecule has 0 heterocycles. The maximum Gasteiger partial charge on any atom is 0.256 e. The molecule has 0 saturated heterocycles. The second kappa shape index (κ2) is 6.74. The summed E-state index contributed by atoms with van der Waals surface area (Å²) < 4.78 is 0. The Labute approximate surface area is 125 Å². The maximum atomic E-state index is 12.5. The van der Waals surface area contributed by atoms with Gasteiger partial charge in [0.15, 0.2) is 0 Å². The molecule has 21 heavy (non-hydrogen) atoms. The van der Waals surface area contributed by atoms with Crippen molar-refractivity contribution < 1.29 is 4.79 Å². The van der Waals surface area contributed by atoms with Crippen LogP contribution in [0.15, 0.2) is 42.5 Å². The van der Waals surface area contributed by atoms with Crippen LogP contribution in [0.25, 0.3) is 0 Å². The fraction of sp³-hybridized carbons (Fsp3) is 0.167. The van der Waals surface area contributed by atoms with Gasteiger partial charge in [-0.3, -0.25) is 4.79 Å². The summed E-state index contributed by atoms with van der Waals surface area (Å²) in [6.45, 7) is 4.28. The Balaban J connectivity index is 2.31. The molecule has 0 unspecified atom stereocenters. The highest BCUT2D eigenvalue weighted by atomic mass is 16.1. The van der Waals surface area contributed by atoms with Gasteiger partial charge in [0, 0.05) is 11.3 Å². The van der Waals surface area contributed by atoms with E-state index in [0.717, 1.165) is 16.8 Å². The number of anilines is 1. The molecule has 1 amide bonds. The van der Waals surface area contributed by atoms with Crippen molar-refractivity contribution in [3.63, 3.8) is 0 Å². The quantitative estimate of drug-likeness (QED) is 0.830. The zero-order valence-corrected chi connectivity index (χ0v) is 12.2. The molecule has 0 aliphatic rings. The number of rotatable bonds is 2. The number of benzene rings is 2. The van der Waals surface area contributed by atoms with E-state index >= 15 is 0 Å². The number of amides is 1. The van der Waals surface area contributed by atoms with Crippen molar-refractivity contribution in [3.05, 3.63) is 64.7 Å². The van der Waals surface area contributed by atoms with Crippen LogP contribution in [0.4, 0.5) is 5.69 Å². The zero-order valence-electron chi connectivity index (χ0n) is 12.2. The molecule has 0 bridgehead atoms. The molecule has 0 saturated carbocycles. The summed E-state index contributed by atoms with van der Waals surface area (Å²) in [5, 5.41) is 2.95. The molecule has 0 radical (unpaired) electrons. The minimum Gasteiger partial charge on any atom is -0.322 e. The molecule has 0 aliphatic carbocycles. The summed E-state index contributed by atoms with van der Waals surface area (Å²) in [7, 11) is 0. The number of hydrogen-bond donors (Lipinski definition) is 2. The molecule has 3 nitrogen and oxygen atoms in total. The van der Waals surface area contributed by atoms with Crippen LogP contribution in [-0.2, 0) is 0 Å². The molecule has 2 aromatic rings. The Morgan fingerprint density at radius 2 is 1.90 bits per heavy atom. The first-order valence-corrected chi connectivity index (χ1v) is 6.79. The Bertz CT molecular complexity index is 723. The van der Waals surface area contributed by atoms with Gasteiger partial charge < -0.3 is 11.1 Å². The first-order chi connectivity index (χ1) is 10.1. The van der Waals surface area contributed by atoms with Gasteiger partial charge in [0.25, 0.3) is 5.91 Å². The van der Waals surface area contributed by atoms with Gasteiger partial charge >= 0.3 is 0 Å². The Kier molecular flexibility index (Phi) is 4.76. The predicted octanol–water partition coefficient (Wildman–Crippen LogP) is 2.87. The molecule has 0 atom stereocenters. The van der Waals surface area contributed by atoms with E-state index in [1.165, 1.54) is 0 Å². The lowest BCUT2D eigenvalue weighted by atomic mass is 10.1. The van der Waals surface area contributed by atoms with E-state index in [4.69, 9.17) is 5.73 Å². The third kappa shape index (κ3) is 3.50. The monoisotopic (exact) mass is 278 g/mol. The first kappa shape index (κ1) is 14.8. The van der Waals surface area contributed by atoms with Crippen LogP contribution >= 0.6 is 0 Å². The Morgan fingerprint density at radius 1 is 1.14 bits per heavy atom. The average Bonchev–Trinajstić information content (AvgIpc) is 2.50. The van der Waals surface area contributed by atoms with Gasteiger partial charge in [-0.1, -0.05) is 36.1 Å². The number of aryl methyl sites for hydroxylation is 1. The van der Waals surface area contributed by atoms with Crippen molar-refractivity contribution in [3.8, 4) is 11.8 Å². The van der Waals surface area contributed by atoms with E-state index in [0.29, 0.717) is 11.1 Å². The largest absolute Gasteiger partial charge is 0.322 e. The van der Waals surface area contributed by atoms with Gasteiger partial charge in [0.2, 0.25) is 0 Å². The molecule has 2 aromatic carbocycles. The number of nitrogens with one attached hydrogen (secondary N) is 1. The second-order valence-corrected chi connectivity index (χ2v) is 4.75. The molecule has 0 spiro atoms. The fourth-order valence-electron chi connectivity index (χ4n) is 2.01. The predicted molar refractivity (Wildman–Crippen MR) is 86.2 cm³/mol. The van der Waals surface area contributed by atoms with Crippen LogP contribution in [0, 0.1) is 25.7 Å². The third-order valence-corrected chi connectivity index (χ3v) is 3.35. The van der Waals surface area contributed by atoms with Crippen LogP contribution in [0.3, 0.4) is 0 Å². The zero-order chi connectivity index (χ0) is 15.2. The van der Waals surface area contributed by atoms with Crippen LogP contribution in [-0.4, -0.2) is 12.5 Å². The molecular weight excluding hydrogens is 260 g/mol. The second-order valence-electron chi connectivity index (χ2n) is 4.75. The summed E-state index contributed by atoms with van der Waals surface area (Å²) in [6.07, 6.45) is 0. The van der Waals surface area contributed by atoms with Crippen molar-refractivity contribution >= 4 is 11.6 Å². The van der Waals surface area contributed by atoms with E-state index in [1.807, 2.05) is 50.2 Å². The first-order valence-electron chi connectivity index (χ1n) is 6.79. The lowest BCUT2D eigenvalue weighted by molar-refractivity contribution is 0.102. The molecular formula is C18H18N2O. The van der Waals surface area contributed by atoms with Gasteiger partial charge in [-0.05, 0) is 43.2 Å². The minimum atomic E-state index is -0.161. The van der Waals surface area contributed by atoms with Gasteiger partial charge in [-0.15, -0.1) is 0 Å². The van der Waals surface area contributed by atoms with Crippen molar-refractivity contribution in [1.82, 2.24) is 0 Å². The highest BCUT2D eigenvalue weighted by Crippen LogP contribution is 2.19. The molecule has 2 rings (SSSR count). The number of nitrogens with two attached hydrogens (primary N) is 1. The van der Waals surface area contributed by atoms with Gasteiger partial charge in [0.05, 0.1) is 12.1 Å². The van der Waals surface area contributed by atoms with E-state index in [9.17, 15) is 4.79 Å². The van der Waals surface area contributed by atoms with Gasteiger partial charge in [-0.2, -0.15) is 0 Å². The van der Waals surface area contributed by atoms with Crippen molar-refractivity contribution in [1.29, 1.82) is 0 Å². The summed E-state index contributed by atoms with van der Waals surface area (Å²) in [6, 6.07) is 13.1. The highest BCUT2D eigenvalue weighted by molar-refractivity contribution is 6.06. The molecule has 0 aromatic heterocycles. The normalized spacial score (nSPS) is 9.67. The topological polar surface area (TPSA) is 55.1 Å². The summed E-state index contributed by atoms with van der Waals surface area (Å²) >= 11 is 0. The Morgan fingerprint density at radius 3 is 2.67 bits per heavy atom. The number of hydrogen-bond acceptors (Lipinski definition) is 2. The van der Waals surface area contributed by atoms with Gasteiger partial charge in [-0.25, -0.2) is 0 Å². The SMILES string of the molecule is Cc1cccc(NC(=O)c2ccccc2C#CCN)c1C. The van der Waals surface area contributed by atoms with E-state index in [2.05, 4.69) is 17.2 Å². The standard InChI is InChI=1S/C18H18N2O/c1-13-7-5-11-17(14(13)2)20-18(21)16-10-4-3-8-15(16)9-6-12-19/h3-5,7-8,10-11H,12,19H2,1-2H3,(H,20,21). The third-order valence-electron chi connectivity index (χ3n) is 3.35. The summed E-state index contributed by atoms with van der Waals surface area (Å²) in [5.74, 6) is 5.55. The van der Waals surface area contributed by atoms with Gasteiger partial charge in [0.1, 0.15) is 0 Å². The highest BCUT2D eigenvalue weighted by Gasteiger charge is 2.11. The fourth-order valence-corrected chi connectivity index (χ4v) is 2.01. The lowest BCUT2D eigenvalue weighted by Gasteiger charge is -2.11. The van der Waals surface area contributed by atoms with E-state index in [-0.39, 0.29) is 12.5 Å². The van der Waals surface area contributed by atoms with Crippen molar-refractivity contribution in [2.24, 2.45) is 5.73 Å². The molecule has 106 valence electrons.